The predicted molar refractivity (Wildman–Crippen MR) is 80.7 cm³/mol. The number of rotatable bonds is 4. The number of hydrogen-bond donors (Lipinski definition) is 1. The molecular formula is C15H17N3S. The minimum Gasteiger partial charge on any atom is -0.315 e. The fourth-order valence-corrected chi connectivity index (χ4v) is 3.38. The Morgan fingerprint density at radius 2 is 2.16 bits per heavy atom. The zero-order chi connectivity index (χ0) is 13.2. The lowest BCUT2D eigenvalue weighted by Gasteiger charge is -2.02. The van der Waals surface area contributed by atoms with Gasteiger partial charge in [0.1, 0.15) is 0 Å². The molecule has 0 bridgehead atoms. The van der Waals surface area contributed by atoms with Gasteiger partial charge in [-0.3, -0.25) is 4.68 Å². The molecule has 0 radical (unpaired) electrons. The molecule has 0 spiro atoms. The Labute approximate surface area is 116 Å². The van der Waals surface area contributed by atoms with E-state index < -0.39 is 0 Å². The minimum absolute atomic E-state index is 0.847. The van der Waals surface area contributed by atoms with Gasteiger partial charge in [0.15, 0.2) is 0 Å². The first-order valence-electron chi connectivity index (χ1n) is 6.41. The third-order valence-corrected chi connectivity index (χ3v) is 4.39. The lowest BCUT2D eigenvalue weighted by atomic mass is 10.2. The molecule has 1 N–H and O–H groups in total. The van der Waals surface area contributed by atoms with Crippen molar-refractivity contribution < 1.29 is 0 Å². The highest BCUT2D eigenvalue weighted by Crippen LogP contribution is 2.23. The van der Waals surface area contributed by atoms with Crippen molar-refractivity contribution in [2.45, 2.75) is 20.0 Å². The van der Waals surface area contributed by atoms with Gasteiger partial charge in [0.2, 0.25) is 0 Å². The molecule has 98 valence electrons. The first-order valence-corrected chi connectivity index (χ1v) is 7.23. The molecule has 0 saturated carbocycles. The highest BCUT2D eigenvalue weighted by Gasteiger charge is 2.08. The maximum Gasteiger partial charge on any atom is 0.0686 e. The molecule has 0 fully saturated rings. The van der Waals surface area contributed by atoms with Crippen molar-refractivity contribution in [2.24, 2.45) is 0 Å². The van der Waals surface area contributed by atoms with E-state index in [4.69, 9.17) is 0 Å². The van der Waals surface area contributed by atoms with Crippen LogP contribution in [0.25, 0.3) is 10.9 Å². The van der Waals surface area contributed by atoms with Gasteiger partial charge in [-0.05, 0) is 31.7 Å². The number of aryl methyl sites for hydroxylation is 1. The monoisotopic (exact) mass is 271 g/mol. The van der Waals surface area contributed by atoms with Crippen molar-refractivity contribution in [2.75, 3.05) is 7.05 Å². The van der Waals surface area contributed by atoms with E-state index in [2.05, 4.69) is 52.4 Å². The van der Waals surface area contributed by atoms with E-state index in [1.165, 1.54) is 26.2 Å². The predicted octanol–water partition coefficient (Wildman–Crippen LogP) is 3.17. The number of nitrogens with zero attached hydrogens (tertiary/aromatic N) is 2. The molecule has 3 aromatic rings. The number of benzene rings is 1. The van der Waals surface area contributed by atoms with Crippen LogP contribution < -0.4 is 5.32 Å². The van der Waals surface area contributed by atoms with Crippen molar-refractivity contribution in [1.29, 1.82) is 0 Å². The molecule has 3 nitrogen and oxygen atoms in total. The standard InChI is InChI=1S/C15H17N3S/c1-11-13(7-14(19-11)9-16-2)10-18-15-6-4-3-5-12(15)8-17-18/h3-8,16H,9-10H2,1-2H3. The second-order valence-electron chi connectivity index (χ2n) is 4.69. The summed E-state index contributed by atoms with van der Waals surface area (Å²) >= 11 is 1.86. The molecule has 4 heteroatoms. The second-order valence-corrected chi connectivity index (χ2v) is 6.03. The molecule has 3 rings (SSSR count). The maximum absolute atomic E-state index is 4.49. The summed E-state index contributed by atoms with van der Waals surface area (Å²) in [4.78, 5) is 2.76. The molecule has 0 aliphatic carbocycles. The van der Waals surface area contributed by atoms with E-state index in [1.807, 2.05) is 24.6 Å². The van der Waals surface area contributed by atoms with Crippen molar-refractivity contribution in [3.05, 3.63) is 51.8 Å². The normalized spacial score (nSPS) is 11.3. The van der Waals surface area contributed by atoms with Gasteiger partial charge >= 0.3 is 0 Å². The topological polar surface area (TPSA) is 29.9 Å². The molecule has 0 aliphatic heterocycles. The highest BCUT2D eigenvalue weighted by atomic mass is 32.1. The average molecular weight is 271 g/mol. The van der Waals surface area contributed by atoms with Gasteiger partial charge in [-0.25, -0.2) is 0 Å². The molecule has 0 atom stereocenters. The van der Waals surface area contributed by atoms with Crippen LogP contribution in [0.15, 0.2) is 36.5 Å². The van der Waals surface area contributed by atoms with Crippen LogP contribution in [0, 0.1) is 6.92 Å². The van der Waals surface area contributed by atoms with Gasteiger partial charge in [0, 0.05) is 21.7 Å². The third kappa shape index (κ3) is 2.41. The zero-order valence-corrected chi connectivity index (χ0v) is 12.0. The van der Waals surface area contributed by atoms with Gasteiger partial charge in [-0.15, -0.1) is 11.3 Å². The summed E-state index contributed by atoms with van der Waals surface area (Å²) in [5.74, 6) is 0. The van der Waals surface area contributed by atoms with E-state index in [1.54, 1.807) is 0 Å². The maximum atomic E-state index is 4.49. The summed E-state index contributed by atoms with van der Waals surface area (Å²) in [5, 5.41) is 8.89. The van der Waals surface area contributed by atoms with E-state index in [0.29, 0.717) is 0 Å². The van der Waals surface area contributed by atoms with E-state index in [0.717, 1.165) is 13.1 Å². The van der Waals surface area contributed by atoms with Crippen LogP contribution >= 0.6 is 11.3 Å². The summed E-state index contributed by atoms with van der Waals surface area (Å²) < 4.78 is 2.08. The van der Waals surface area contributed by atoms with Crippen LogP contribution in [0.1, 0.15) is 15.3 Å². The van der Waals surface area contributed by atoms with Crippen LogP contribution in [0.2, 0.25) is 0 Å². The Morgan fingerprint density at radius 1 is 1.32 bits per heavy atom. The summed E-state index contributed by atoms with van der Waals surface area (Å²) in [5.41, 5.74) is 2.56. The molecule has 0 unspecified atom stereocenters. The van der Waals surface area contributed by atoms with E-state index >= 15 is 0 Å². The summed E-state index contributed by atoms with van der Waals surface area (Å²) in [6.07, 6.45) is 1.94. The van der Waals surface area contributed by atoms with Gasteiger partial charge in [0.25, 0.3) is 0 Å². The molecule has 2 heterocycles. The van der Waals surface area contributed by atoms with Crippen molar-refractivity contribution in [3.63, 3.8) is 0 Å². The number of para-hydroxylation sites is 1. The van der Waals surface area contributed by atoms with Crippen LogP contribution in [0.5, 0.6) is 0 Å². The first-order chi connectivity index (χ1) is 9.28. The van der Waals surface area contributed by atoms with E-state index in [9.17, 15) is 0 Å². The number of fused-ring (bicyclic) bond motifs is 1. The Bertz CT molecular complexity index is 696. The molecule has 0 amide bonds. The Balaban J connectivity index is 1.92. The SMILES string of the molecule is CNCc1cc(Cn2ncc3ccccc32)c(C)s1. The fraction of sp³-hybridized carbons (Fsp3) is 0.267. The molecular weight excluding hydrogens is 254 g/mol. The van der Waals surface area contributed by atoms with E-state index in [-0.39, 0.29) is 0 Å². The van der Waals surface area contributed by atoms with Crippen molar-refractivity contribution >= 4 is 22.2 Å². The number of nitrogens with one attached hydrogen (secondary N) is 1. The van der Waals surface area contributed by atoms with Gasteiger partial charge in [-0.2, -0.15) is 5.10 Å². The lowest BCUT2D eigenvalue weighted by Crippen LogP contribution is -2.03. The number of thiophene rings is 1. The summed E-state index contributed by atoms with van der Waals surface area (Å²) in [6, 6.07) is 10.6. The molecule has 1 aromatic carbocycles. The smallest absolute Gasteiger partial charge is 0.0686 e. The molecule has 0 saturated heterocycles. The van der Waals surface area contributed by atoms with Crippen LogP contribution in [-0.2, 0) is 13.1 Å². The van der Waals surface area contributed by atoms with Crippen LogP contribution in [0.3, 0.4) is 0 Å². The van der Waals surface area contributed by atoms with Crippen molar-refractivity contribution in [1.82, 2.24) is 15.1 Å². The Morgan fingerprint density at radius 3 is 3.00 bits per heavy atom. The first kappa shape index (κ1) is 12.4. The molecule has 2 aromatic heterocycles. The largest absolute Gasteiger partial charge is 0.315 e. The fourth-order valence-electron chi connectivity index (χ4n) is 2.32. The number of hydrogen-bond acceptors (Lipinski definition) is 3. The van der Waals surface area contributed by atoms with Gasteiger partial charge in [0.05, 0.1) is 18.3 Å². The Kier molecular flexibility index (Phi) is 3.36. The average Bonchev–Trinajstić information content (AvgIpc) is 2.96. The van der Waals surface area contributed by atoms with Gasteiger partial charge in [-0.1, -0.05) is 18.2 Å². The minimum atomic E-state index is 0.847. The zero-order valence-electron chi connectivity index (χ0n) is 11.2. The molecule has 0 aliphatic rings. The highest BCUT2D eigenvalue weighted by molar-refractivity contribution is 7.12. The second kappa shape index (κ2) is 5.15. The van der Waals surface area contributed by atoms with Crippen molar-refractivity contribution in [3.8, 4) is 0 Å². The van der Waals surface area contributed by atoms with Crippen LogP contribution in [0.4, 0.5) is 0 Å². The number of aromatic nitrogens is 2. The van der Waals surface area contributed by atoms with Crippen LogP contribution in [-0.4, -0.2) is 16.8 Å². The molecule has 19 heavy (non-hydrogen) atoms. The third-order valence-electron chi connectivity index (χ3n) is 3.29. The Hall–Kier alpha value is -1.65. The lowest BCUT2D eigenvalue weighted by molar-refractivity contribution is 0.710. The quantitative estimate of drug-likeness (QED) is 0.790. The summed E-state index contributed by atoms with van der Waals surface area (Å²) in [7, 11) is 1.98. The summed E-state index contributed by atoms with van der Waals surface area (Å²) in [6.45, 7) is 3.97. The van der Waals surface area contributed by atoms with Gasteiger partial charge < -0.3 is 5.32 Å².